The first kappa shape index (κ1) is 13.1. The van der Waals surface area contributed by atoms with Gasteiger partial charge in [-0.25, -0.2) is 4.98 Å². The van der Waals surface area contributed by atoms with Crippen LogP contribution in [0.1, 0.15) is 11.1 Å². The first-order chi connectivity index (χ1) is 9.47. The van der Waals surface area contributed by atoms with Crippen molar-refractivity contribution in [3.63, 3.8) is 0 Å². The van der Waals surface area contributed by atoms with Crippen LogP contribution in [0.15, 0.2) is 29.1 Å². The molecule has 0 spiro atoms. The van der Waals surface area contributed by atoms with E-state index in [2.05, 4.69) is 23.1 Å². The molecule has 0 saturated carbocycles. The van der Waals surface area contributed by atoms with Gasteiger partial charge in [0, 0.05) is 25.3 Å². The summed E-state index contributed by atoms with van der Waals surface area (Å²) in [5, 5.41) is 0. The summed E-state index contributed by atoms with van der Waals surface area (Å²) >= 11 is 1.65. The van der Waals surface area contributed by atoms with Crippen LogP contribution in [0.25, 0.3) is 20.8 Å². The highest BCUT2D eigenvalue weighted by Gasteiger charge is 2.15. The maximum absolute atomic E-state index is 11.9. The molecule has 2 aliphatic rings. The van der Waals surface area contributed by atoms with Gasteiger partial charge in [0.25, 0.3) is 0 Å². The summed E-state index contributed by atoms with van der Waals surface area (Å²) < 4.78 is 1.11. The van der Waals surface area contributed by atoms with Crippen molar-refractivity contribution in [1.82, 2.24) is 4.98 Å². The van der Waals surface area contributed by atoms with Gasteiger partial charge in [-0.2, -0.15) is 0 Å². The molecule has 20 heavy (non-hydrogen) atoms. The highest BCUT2D eigenvalue weighted by Crippen LogP contribution is 2.34. The number of hydrogen-bond donors (Lipinski definition) is 0. The smallest absolute Gasteiger partial charge is 0.183 e. The van der Waals surface area contributed by atoms with Gasteiger partial charge in [-0.1, -0.05) is 0 Å². The number of aryl methyl sites for hydroxylation is 1. The maximum Gasteiger partial charge on any atom is 0.183 e. The third kappa shape index (κ3) is 1.96. The van der Waals surface area contributed by atoms with Gasteiger partial charge in [-0.3, -0.25) is 4.79 Å². The monoisotopic (exact) mass is 284 g/mol. The predicted molar refractivity (Wildman–Crippen MR) is 86.3 cm³/mol. The molecule has 0 saturated heterocycles. The van der Waals surface area contributed by atoms with E-state index in [1.54, 1.807) is 17.4 Å². The normalized spacial score (nSPS) is 11.2. The molecule has 0 amide bonds. The van der Waals surface area contributed by atoms with Gasteiger partial charge in [0.15, 0.2) is 5.43 Å². The van der Waals surface area contributed by atoms with Crippen molar-refractivity contribution >= 4 is 27.2 Å². The van der Waals surface area contributed by atoms with Crippen LogP contribution in [0.2, 0.25) is 0 Å². The van der Waals surface area contributed by atoms with Gasteiger partial charge in [0.2, 0.25) is 0 Å². The van der Waals surface area contributed by atoms with Gasteiger partial charge in [0.1, 0.15) is 0 Å². The molecule has 1 aromatic rings. The molecule has 0 N–H and O–H groups in total. The SMILES string of the molecule is Cc1cc(=O)c(C)c2sc3ccc(N(C)C)cc3nc1-2. The first-order valence-corrected chi connectivity index (χ1v) is 7.31. The average Bonchev–Trinajstić information content (AvgIpc) is 2.42. The van der Waals surface area contributed by atoms with Crippen molar-refractivity contribution in [2.45, 2.75) is 13.8 Å². The molecule has 3 rings (SSSR count). The highest BCUT2D eigenvalue weighted by molar-refractivity contribution is 7.21. The molecular formula is C16H16N2OS. The third-order valence-electron chi connectivity index (χ3n) is 3.55. The summed E-state index contributed by atoms with van der Waals surface area (Å²) in [4.78, 5) is 19.7. The Morgan fingerprint density at radius 2 is 1.90 bits per heavy atom. The fraction of sp³-hybridized carbons (Fsp3) is 0.250. The minimum Gasteiger partial charge on any atom is -0.378 e. The Bertz CT molecular complexity index is 836. The Hall–Kier alpha value is -1.94. The quantitative estimate of drug-likeness (QED) is 0.642. The van der Waals surface area contributed by atoms with E-state index in [1.165, 1.54) is 0 Å². The van der Waals surface area contributed by atoms with E-state index in [-0.39, 0.29) is 5.43 Å². The number of nitrogens with zero attached hydrogens (tertiary/aromatic N) is 2. The lowest BCUT2D eigenvalue weighted by atomic mass is 10.1. The highest BCUT2D eigenvalue weighted by atomic mass is 32.1. The van der Waals surface area contributed by atoms with Crippen molar-refractivity contribution in [3.8, 4) is 10.6 Å². The van der Waals surface area contributed by atoms with Gasteiger partial charge in [-0.15, -0.1) is 11.3 Å². The van der Waals surface area contributed by atoms with Crippen LogP contribution in [-0.4, -0.2) is 19.1 Å². The third-order valence-corrected chi connectivity index (χ3v) is 4.82. The number of anilines is 1. The van der Waals surface area contributed by atoms with Crippen LogP contribution in [-0.2, 0) is 0 Å². The zero-order valence-electron chi connectivity index (χ0n) is 12.0. The Labute approximate surface area is 121 Å². The largest absolute Gasteiger partial charge is 0.378 e. The predicted octanol–water partition coefficient (Wildman–Crippen LogP) is 3.44. The van der Waals surface area contributed by atoms with E-state index in [9.17, 15) is 4.79 Å². The lowest BCUT2D eigenvalue weighted by Gasteiger charge is -2.15. The second-order valence-electron chi connectivity index (χ2n) is 5.25. The Morgan fingerprint density at radius 1 is 1.15 bits per heavy atom. The van der Waals surface area contributed by atoms with E-state index in [0.29, 0.717) is 0 Å². The molecule has 0 atom stereocenters. The molecule has 0 unspecified atom stereocenters. The van der Waals surface area contributed by atoms with Crippen LogP contribution in [0.4, 0.5) is 5.69 Å². The van der Waals surface area contributed by atoms with Gasteiger partial charge in [0.05, 0.1) is 20.8 Å². The van der Waals surface area contributed by atoms with E-state index in [0.717, 1.165) is 37.6 Å². The molecule has 0 radical (unpaired) electrons. The molecule has 1 heterocycles. The summed E-state index contributed by atoms with van der Waals surface area (Å²) in [6.45, 7) is 3.83. The summed E-state index contributed by atoms with van der Waals surface area (Å²) in [5.41, 5.74) is 4.89. The van der Waals surface area contributed by atoms with Crippen LogP contribution >= 0.6 is 11.3 Å². The molecule has 102 valence electrons. The minimum absolute atomic E-state index is 0.0947. The Kier molecular flexibility index (Phi) is 2.98. The van der Waals surface area contributed by atoms with Crippen molar-refractivity contribution < 1.29 is 0 Å². The molecule has 1 aromatic carbocycles. The molecule has 3 nitrogen and oxygen atoms in total. The summed E-state index contributed by atoms with van der Waals surface area (Å²) in [7, 11) is 4.04. The molecule has 0 aromatic heterocycles. The number of aromatic nitrogens is 1. The Balaban J connectivity index is 2.41. The van der Waals surface area contributed by atoms with Crippen molar-refractivity contribution in [2.75, 3.05) is 19.0 Å². The summed E-state index contributed by atoms with van der Waals surface area (Å²) in [6.07, 6.45) is 0. The van der Waals surface area contributed by atoms with Gasteiger partial charge in [-0.05, 0) is 43.7 Å². The summed E-state index contributed by atoms with van der Waals surface area (Å²) in [6, 6.07) is 7.92. The fourth-order valence-electron chi connectivity index (χ4n) is 2.29. The topological polar surface area (TPSA) is 33.2 Å². The molecule has 1 aliphatic heterocycles. The standard InChI is InChI=1S/C16H16N2OS/c1-9-7-13(19)10(2)16-15(9)17-12-8-11(18(3)4)5-6-14(12)20-16/h5-8H,1-4H3. The Morgan fingerprint density at radius 3 is 2.60 bits per heavy atom. The number of hydrogen-bond acceptors (Lipinski definition) is 4. The lowest BCUT2D eigenvalue weighted by molar-refractivity contribution is 1.13. The fourth-order valence-corrected chi connectivity index (χ4v) is 3.42. The van der Waals surface area contributed by atoms with E-state index in [4.69, 9.17) is 4.98 Å². The lowest BCUT2D eigenvalue weighted by Crippen LogP contribution is -2.09. The van der Waals surface area contributed by atoms with Crippen LogP contribution in [0, 0.1) is 13.8 Å². The molecule has 1 aliphatic carbocycles. The van der Waals surface area contributed by atoms with Crippen molar-refractivity contribution in [2.24, 2.45) is 0 Å². The molecule has 0 bridgehead atoms. The van der Waals surface area contributed by atoms with Crippen molar-refractivity contribution in [3.05, 3.63) is 45.6 Å². The molecule has 0 fully saturated rings. The minimum atomic E-state index is 0.0947. The second-order valence-corrected chi connectivity index (χ2v) is 6.31. The second kappa shape index (κ2) is 4.56. The van der Waals surface area contributed by atoms with E-state index in [1.807, 2.05) is 27.9 Å². The van der Waals surface area contributed by atoms with Gasteiger partial charge >= 0.3 is 0 Å². The number of benzene rings is 2. The van der Waals surface area contributed by atoms with Crippen molar-refractivity contribution in [1.29, 1.82) is 0 Å². The zero-order chi connectivity index (χ0) is 14.4. The van der Waals surface area contributed by atoms with Gasteiger partial charge < -0.3 is 4.90 Å². The number of rotatable bonds is 1. The van der Waals surface area contributed by atoms with Crippen LogP contribution in [0.5, 0.6) is 0 Å². The van der Waals surface area contributed by atoms with E-state index >= 15 is 0 Å². The molecular weight excluding hydrogens is 268 g/mol. The molecule has 4 heteroatoms. The maximum atomic E-state index is 11.9. The average molecular weight is 284 g/mol. The van der Waals surface area contributed by atoms with E-state index < -0.39 is 0 Å². The first-order valence-electron chi connectivity index (χ1n) is 6.49. The van der Waals surface area contributed by atoms with Crippen LogP contribution < -0.4 is 10.3 Å². The zero-order valence-corrected chi connectivity index (χ0v) is 12.8. The summed E-state index contributed by atoms with van der Waals surface area (Å²) in [5.74, 6) is 0. The number of fused-ring (bicyclic) bond motifs is 2. The van der Waals surface area contributed by atoms with Crippen LogP contribution in [0.3, 0.4) is 0 Å².